The Hall–Kier alpha value is -1.12. The number of nitrogens with one attached hydrogen (secondary N) is 1. The summed E-state index contributed by atoms with van der Waals surface area (Å²) in [6.07, 6.45) is 6.77. The van der Waals surface area contributed by atoms with Crippen molar-refractivity contribution < 1.29 is 8.78 Å². The number of anilines is 1. The van der Waals surface area contributed by atoms with Crippen molar-refractivity contribution in [3.8, 4) is 0 Å². The van der Waals surface area contributed by atoms with Gasteiger partial charge in [0, 0.05) is 6.04 Å². The van der Waals surface area contributed by atoms with Crippen molar-refractivity contribution in [3.63, 3.8) is 0 Å². The Morgan fingerprint density at radius 2 is 1.83 bits per heavy atom. The maximum absolute atomic E-state index is 13.5. The van der Waals surface area contributed by atoms with Crippen LogP contribution in [0.3, 0.4) is 0 Å². The molecule has 3 heteroatoms. The zero-order valence-corrected chi connectivity index (χ0v) is 10.9. The molecule has 2 unspecified atom stereocenters. The summed E-state index contributed by atoms with van der Waals surface area (Å²) < 4.78 is 27.1. The maximum atomic E-state index is 13.5. The summed E-state index contributed by atoms with van der Waals surface area (Å²) in [6.45, 7) is 2.22. The Bertz CT molecular complexity index is 372. The van der Waals surface area contributed by atoms with Crippen LogP contribution in [-0.2, 0) is 0 Å². The van der Waals surface area contributed by atoms with Gasteiger partial charge < -0.3 is 5.32 Å². The van der Waals surface area contributed by atoms with E-state index in [4.69, 9.17) is 0 Å². The minimum atomic E-state index is -0.494. The van der Waals surface area contributed by atoms with Crippen LogP contribution in [0.2, 0.25) is 0 Å². The number of hydrogen-bond acceptors (Lipinski definition) is 1. The van der Waals surface area contributed by atoms with Crippen molar-refractivity contribution in [2.75, 3.05) is 5.32 Å². The lowest BCUT2D eigenvalue weighted by molar-refractivity contribution is 0.444. The molecular weight excluding hydrogens is 232 g/mol. The molecule has 1 nitrogen and oxygen atoms in total. The van der Waals surface area contributed by atoms with Crippen LogP contribution in [0.5, 0.6) is 0 Å². The lowest BCUT2D eigenvalue weighted by atomic mass is 9.98. The average molecular weight is 253 g/mol. The van der Waals surface area contributed by atoms with Crippen LogP contribution in [0.25, 0.3) is 0 Å². The fraction of sp³-hybridized carbons (Fsp3) is 0.600. The molecule has 0 aromatic heterocycles. The molecule has 1 aromatic carbocycles. The minimum Gasteiger partial charge on any atom is -0.378 e. The Kier molecular flexibility index (Phi) is 4.56. The molecule has 100 valence electrons. The zero-order valence-electron chi connectivity index (χ0n) is 10.9. The summed E-state index contributed by atoms with van der Waals surface area (Å²) in [5, 5.41) is 3.05. The summed E-state index contributed by atoms with van der Waals surface area (Å²) in [7, 11) is 0. The zero-order chi connectivity index (χ0) is 13.0. The standard InChI is InChI=1S/C15H21F2N/c1-2-11-5-3-6-12(10-9-11)18-15-13(16)7-4-8-14(15)17/h4,7-8,11-12,18H,2-3,5-6,9-10H2,1H3. The van der Waals surface area contributed by atoms with E-state index in [9.17, 15) is 8.78 Å². The Labute approximate surface area is 108 Å². The molecular formula is C15H21F2N. The van der Waals surface area contributed by atoms with Gasteiger partial charge in [0.2, 0.25) is 0 Å². The first-order valence-corrected chi connectivity index (χ1v) is 6.91. The third-order valence-corrected chi connectivity index (χ3v) is 3.98. The Morgan fingerprint density at radius 1 is 1.11 bits per heavy atom. The van der Waals surface area contributed by atoms with Gasteiger partial charge in [-0.1, -0.05) is 32.3 Å². The van der Waals surface area contributed by atoms with Crippen LogP contribution in [0.1, 0.15) is 45.4 Å². The first kappa shape index (κ1) is 13.3. The highest BCUT2D eigenvalue weighted by molar-refractivity contribution is 5.46. The summed E-state index contributed by atoms with van der Waals surface area (Å²) >= 11 is 0. The minimum absolute atomic E-state index is 0.0393. The van der Waals surface area contributed by atoms with Crippen LogP contribution in [-0.4, -0.2) is 6.04 Å². The molecule has 0 spiro atoms. The average Bonchev–Trinajstić information content (AvgIpc) is 2.59. The first-order valence-electron chi connectivity index (χ1n) is 6.91. The maximum Gasteiger partial charge on any atom is 0.149 e. The topological polar surface area (TPSA) is 12.0 Å². The van der Waals surface area contributed by atoms with Crippen LogP contribution in [0.15, 0.2) is 18.2 Å². The van der Waals surface area contributed by atoms with E-state index in [1.54, 1.807) is 0 Å². The van der Waals surface area contributed by atoms with Gasteiger partial charge in [-0.25, -0.2) is 8.78 Å². The van der Waals surface area contributed by atoms with Crippen molar-refractivity contribution in [2.45, 2.75) is 51.5 Å². The van der Waals surface area contributed by atoms with Crippen molar-refractivity contribution in [1.82, 2.24) is 0 Å². The van der Waals surface area contributed by atoms with E-state index in [0.29, 0.717) is 0 Å². The molecule has 1 aliphatic rings. The number of hydrogen-bond donors (Lipinski definition) is 1. The molecule has 1 saturated carbocycles. The van der Waals surface area contributed by atoms with E-state index in [0.717, 1.165) is 31.6 Å². The van der Waals surface area contributed by atoms with E-state index in [1.807, 2.05) is 0 Å². The SMILES string of the molecule is CCC1CCCC(Nc2c(F)cccc2F)CC1. The molecule has 0 aliphatic heterocycles. The lowest BCUT2D eigenvalue weighted by Crippen LogP contribution is -2.20. The number of benzene rings is 1. The fourth-order valence-corrected chi connectivity index (χ4v) is 2.77. The molecule has 0 bridgehead atoms. The van der Waals surface area contributed by atoms with Gasteiger partial charge in [0.15, 0.2) is 0 Å². The Balaban J connectivity index is 2.01. The second-order valence-electron chi connectivity index (χ2n) is 5.22. The lowest BCUT2D eigenvalue weighted by Gasteiger charge is -2.18. The van der Waals surface area contributed by atoms with E-state index in [2.05, 4.69) is 12.2 Å². The largest absolute Gasteiger partial charge is 0.378 e. The molecule has 1 fully saturated rings. The van der Waals surface area contributed by atoms with Crippen LogP contribution in [0, 0.1) is 17.6 Å². The molecule has 0 radical (unpaired) electrons. The molecule has 18 heavy (non-hydrogen) atoms. The van der Waals surface area contributed by atoms with Crippen molar-refractivity contribution in [1.29, 1.82) is 0 Å². The molecule has 0 amide bonds. The van der Waals surface area contributed by atoms with Gasteiger partial charge in [0.05, 0.1) is 0 Å². The summed E-state index contributed by atoms with van der Waals surface area (Å²) in [6, 6.07) is 4.21. The molecule has 2 rings (SSSR count). The predicted molar refractivity (Wildman–Crippen MR) is 70.6 cm³/mol. The van der Waals surface area contributed by atoms with Crippen LogP contribution in [0.4, 0.5) is 14.5 Å². The predicted octanol–water partition coefficient (Wildman–Crippen LogP) is 4.74. The highest BCUT2D eigenvalue weighted by Gasteiger charge is 2.19. The smallest absolute Gasteiger partial charge is 0.149 e. The van der Waals surface area contributed by atoms with Gasteiger partial charge in [-0.15, -0.1) is 0 Å². The summed E-state index contributed by atoms with van der Waals surface area (Å²) in [5.74, 6) is -0.208. The van der Waals surface area contributed by atoms with Gasteiger partial charge >= 0.3 is 0 Å². The normalized spacial score (nSPS) is 24.6. The first-order chi connectivity index (χ1) is 8.70. The quantitative estimate of drug-likeness (QED) is 0.767. The molecule has 1 N–H and O–H groups in total. The van der Waals surface area contributed by atoms with Gasteiger partial charge in [-0.05, 0) is 37.3 Å². The van der Waals surface area contributed by atoms with E-state index >= 15 is 0 Å². The Morgan fingerprint density at radius 3 is 2.50 bits per heavy atom. The van der Waals surface area contributed by atoms with Gasteiger partial charge in [0.1, 0.15) is 17.3 Å². The molecule has 0 heterocycles. The third kappa shape index (κ3) is 3.21. The van der Waals surface area contributed by atoms with Gasteiger partial charge in [-0.2, -0.15) is 0 Å². The highest BCUT2D eigenvalue weighted by atomic mass is 19.1. The second-order valence-corrected chi connectivity index (χ2v) is 5.22. The second kappa shape index (κ2) is 6.17. The summed E-state index contributed by atoms with van der Waals surface area (Å²) in [5.41, 5.74) is 0.0393. The van der Waals surface area contributed by atoms with Gasteiger partial charge in [0.25, 0.3) is 0 Å². The molecule has 0 saturated heterocycles. The molecule has 1 aliphatic carbocycles. The van der Waals surface area contributed by atoms with E-state index in [-0.39, 0.29) is 11.7 Å². The molecule has 2 atom stereocenters. The van der Waals surface area contributed by atoms with Crippen molar-refractivity contribution in [3.05, 3.63) is 29.8 Å². The monoisotopic (exact) mass is 253 g/mol. The fourth-order valence-electron chi connectivity index (χ4n) is 2.77. The highest BCUT2D eigenvalue weighted by Crippen LogP contribution is 2.28. The third-order valence-electron chi connectivity index (χ3n) is 3.98. The number of para-hydroxylation sites is 1. The van der Waals surface area contributed by atoms with E-state index < -0.39 is 11.6 Å². The summed E-state index contributed by atoms with van der Waals surface area (Å²) in [4.78, 5) is 0. The van der Waals surface area contributed by atoms with Crippen molar-refractivity contribution >= 4 is 5.69 Å². The van der Waals surface area contributed by atoms with Crippen molar-refractivity contribution in [2.24, 2.45) is 5.92 Å². The number of halogens is 2. The molecule has 1 aromatic rings. The van der Waals surface area contributed by atoms with E-state index in [1.165, 1.54) is 31.0 Å². The van der Waals surface area contributed by atoms with Crippen LogP contribution < -0.4 is 5.32 Å². The van der Waals surface area contributed by atoms with Gasteiger partial charge in [-0.3, -0.25) is 0 Å². The van der Waals surface area contributed by atoms with Crippen LogP contribution >= 0.6 is 0 Å². The number of rotatable bonds is 3.